The number of hydrogen-bond donors (Lipinski definition) is 0. The predicted octanol–water partition coefficient (Wildman–Crippen LogP) is 0.139. The van der Waals surface area contributed by atoms with Crippen molar-refractivity contribution in [2.75, 3.05) is 14.1 Å². The van der Waals surface area contributed by atoms with E-state index in [1.807, 2.05) is 0 Å². The van der Waals surface area contributed by atoms with Crippen LogP contribution in [0, 0.1) is 0 Å². The van der Waals surface area contributed by atoms with E-state index in [1.165, 1.54) is 28.7 Å². The molecule has 1 amide bonds. The average Bonchev–Trinajstić information content (AvgIpc) is 2.20. The molecule has 0 N–H and O–H groups in total. The second-order valence-corrected chi connectivity index (χ2v) is 3.70. The van der Waals surface area contributed by atoms with Crippen molar-refractivity contribution in [2.45, 2.75) is 13.5 Å². The van der Waals surface area contributed by atoms with E-state index in [0.717, 1.165) is 0 Å². The minimum absolute atomic E-state index is 0.0487. The molecular formula is C11H14N2O3. The molecule has 16 heavy (non-hydrogen) atoms. The lowest BCUT2D eigenvalue weighted by molar-refractivity contribution is -0.129. The van der Waals surface area contributed by atoms with Gasteiger partial charge in [-0.15, -0.1) is 0 Å². The fraction of sp³-hybridized carbons (Fsp3) is 0.364. The summed E-state index contributed by atoms with van der Waals surface area (Å²) in [6.45, 7) is 1.28. The Morgan fingerprint density at radius 2 is 2.00 bits per heavy atom. The van der Waals surface area contributed by atoms with Crippen molar-refractivity contribution in [2.24, 2.45) is 0 Å². The first-order valence-corrected chi connectivity index (χ1v) is 4.84. The molecule has 0 fully saturated rings. The van der Waals surface area contributed by atoms with Crippen LogP contribution in [0.3, 0.4) is 0 Å². The van der Waals surface area contributed by atoms with Crippen molar-refractivity contribution in [3.8, 4) is 0 Å². The van der Waals surface area contributed by atoms with Gasteiger partial charge in [0.15, 0.2) is 5.78 Å². The molecule has 0 saturated carbocycles. The Kier molecular flexibility index (Phi) is 3.60. The van der Waals surface area contributed by atoms with Crippen LogP contribution in [-0.4, -0.2) is 35.3 Å². The average molecular weight is 222 g/mol. The molecule has 5 nitrogen and oxygen atoms in total. The van der Waals surface area contributed by atoms with E-state index in [9.17, 15) is 14.4 Å². The SMILES string of the molecule is CC(=O)c1cccn(CC(=O)N(C)C)c1=O. The van der Waals surface area contributed by atoms with E-state index in [0.29, 0.717) is 0 Å². The smallest absolute Gasteiger partial charge is 0.261 e. The molecule has 0 aliphatic carbocycles. The van der Waals surface area contributed by atoms with E-state index >= 15 is 0 Å². The van der Waals surface area contributed by atoms with Gasteiger partial charge in [0.1, 0.15) is 6.54 Å². The zero-order chi connectivity index (χ0) is 12.3. The third-order valence-corrected chi connectivity index (χ3v) is 2.20. The fourth-order valence-corrected chi connectivity index (χ4v) is 1.22. The molecule has 1 heterocycles. The summed E-state index contributed by atoms with van der Waals surface area (Å²) >= 11 is 0. The van der Waals surface area contributed by atoms with Gasteiger partial charge >= 0.3 is 0 Å². The maximum atomic E-state index is 11.7. The van der Waals surface area contributed by atoms with Crippen LogP contribution < -0.4 is 5.56 Å². The second kappa shape index (κ2) is 4.74. The molecular weight excluding hydrogens is 208 g/mol. The van der Waals surface area contributed by atoms with Crippen molar-refractivity contribution < 1.29 is 9.59 Å². The van der Waals surface area contributed by atoms with Gasteiger partial charge in [0.25, 0.3) is 5.56 Å². The Hall–Kier alpha value is -1.91. The number of amides is 1. The van der Waals surface area contributed by atoms with Gasteiger partial charge in [-0.05, 0) is 19.1 Å². The Morgan fingerprint density at radius 1 is 1.38 bits per heavy atom. The first-order valence-electron chi connectivity index (χ1n) is 4.84. The molecule has 1 aromatic heterocycles. The van der Waals surface area contributed by atoms with Gasteiger partial charge in [-0.1, -0.05) is 0 Å². The lowest BCUT2D eigenvalue weighted by Crippen LogP contribution is -2.33. The molecule has 0 aliphatic heterocycles. The van der Waals surface area contributed by atoms with Crippen LogP contribution in [0.4, 0.5) is 0 Å². The van der Waals surface area contributed by atoms with Crippen LogP contribution in [0.1, 0.15) is 17.3 Å². The number of nitrogens with zero attached hydrogens (tertiary/aromatic N) is 2. The molecule has 86 valence electrons. The minimum atomic E-state index is -0.426. The molecule has 0 aliphatic rings. The largest absolute Gasteiger partial charge is 0.347 e. The number of likely N-dealkylation sites (N-methyl/N-ethyl adjacent to an activating group) is 1. The molecule has 0 aromatic carbocycles. The summed E-state index contributed by atoms with van der Waals surface area (Å²) in [7, 11) is 3.23. The molecule has 0 unspecified atom stereocenters. The third-order valence-electron chi connectivity index (χ3n) is 2.20. The van der Waals surface area contributed by atoms with Gasteiger partial charge < -0.3 is 9.47 Å². The quantitative estimate of drug-likeness (QED) is 0.683. The van der Waals surface area contributed by atoms with Crippen LogP contribution in [0.2, 0.25) is 0 Å². The van der Waals surface area contributed by atoms with Crippen LogP contribution in [0.5, 0.6) is 0 Å². The van der Waals surface area contributed by atoms with Crippen molar-refractivity contribution in [3.05, 3.63) is 34.2 Å². The Balaban J connectivity index is 3.08. The van der Waals surface area contributed by atoms with Crippen molar-refractivity contribution in [3.63, 3.8) is 0 Å². The van der Waals surface area contributed by atoms with Crippen molar-refractivity contribution in [1.82, 2.24) is 9.47 Å². The van der Waals surface area contributed by atoms with E-state index < -0.39 is 5.56 Å². The number of aromatic nitrogens is 1. The van der Waals surface area contributed by atoms with E-state index in [4.69, 9.17) is 0 Å². The zero-order valence-electron chi connectivity index (χ0n) is 9.56. The maximum Gasteiger partial charge on any atom is 0.261 e. The highest BCUT2D eigenvalue weighted by atomic mass is 16.2. The predicted molar refractivity (Wildman–Crippen MR) is 59.4 cm³/mol. The highest BCUT2D eigenvalue weighted by Crippen LogP contribution is 1.94. The van der Waals surface area contributed by atoms with Gasteiger partial charge in [0, 0.05) is 20.3 Å². The lowest BCUT2D eigenvalue weighted by atomic mass is 10.2. The maximum absolute atomic E-state index is 11.7. The number of Topliss-reactive ketones (excluding diaryl/α,β-unsaturated/α-hetero) is 1. The second-order valence-electron chi connectivity index (χ2n) is 3.70. The highest BCUT2D eigenvalue weighted by molar-refractivity contribution is 5.93. The number of pyridine rings is 1. The van der Waals surface area contributed by atoms with Crippen molar-refractivity contribution in [1.29, 1.82) is 0 Å². The van der Waals surface area contributed by atoms with Crippen LogP contribution in [-0.2, 0) is 11.3 Å². The summed E-state index contributed by atoms with van der Waals surface area (Å²) in [6.07, 6.45) is 1.50. The Morgan fingerprint density at radius 3 is 2.50 bits per heavy atom. The monoisotopic (exact) mass is 222 g/mol. The van der Waals surface area contributed by atoms with Crippen LogP contribution >= 0.6 is 0 Å². The molecule has 5 heteroatoms. The summed E-state index contributed by atoms with van der Waals surface area (Å²) < 4.78 is 1.24. The number of rotatable bonds is 3. The van der Waals surface area contributed by atoms with Crippen molar-refractivity contribution >= 4 is 11.7 Å². The molecule has 0 spiro atoms. The van der Waals surface area contributed by atoms with Crippen LogP contribution in [0.25, 0.3) is 0 Å². The summed E-state index contributed by atoms with van der Waals surface area (Å²) in [5, 5.41) is 0. The standard InChI is InChI=1S/C11H14N2O3/c1-8(14)9-5-4-6-13(11(9)16)7-10(15)12(2)3/h4-6H,7H2,1-3H3. The molecule has 1 aromatic rings. The first-order chi connectivity index (χ1) is 7.43. The highest BCUT2D eigenvalue weighted by Gasteiger charge is 2.10. The number of ketones is 1. The normalized spacial score (nSPS) is 9.94. The van der Waals surface area contributed by atoms with Gasteiger partial charge in [0.2, 0.25) is 5.91 Å². The lowest BCUT2D eigenvalue weighted by Gasteiger charge is -2.11. The van der Waals surface area contributed by atoms with Gasteiger partial charge in [-0.2, -0.15) is 0 Å². The Labute approximate surface area is 93.3 Å². The summed E-state index contributed by atoms with van der Waals surface area (Å²) in [5.74, 6) is -0.487. The summed E-state index contributed by atoms with van der Waals surface area (Å²) in [4.78, 5) is 35.7. The number of hydrogen-bond acceptors (Lipinski definition) is 3. The van der Waals surface area contributed by atoms with E-state index in [-0.39, 0.29) is 23.8 Å². The molecule has 1 rings (SSSR count). The Bertz CT molecular complexity index is 474. The number of carbonyl (C=O) groups excluding carboxylic acids is 2. The molecule has 0 atom stereocenters. The fourth-order valence-electron chi connectivity index (χ4n) is 1.22. The summed E-state index contributed by atoms with van der Waals surface area (Å²) in [6, 6.07) is 3.04. The van der Waals surface area contributed by atoms with E-state index in [2.05, 4.69) is 0 Å². The minimum Gasteiger partial charge on any atom is -0.347 e. The third kappa shape index (κ3) is 2.56. The molecule has 0 bridgehead atoms. The first kappa shape index (κ1) is 12.2. The molecule has 0 radical (unpaired) electrons. The van der Waals surface area contributed by atoms with Gasteiger partial charge in [0.05, 0.1) is 5.56 Å². The van der Waals surface area contributed by atoms with Crippen LogP contribution in [0.15, 0.2) is 23.1 Å². The topological polar surface area (TPSA) is 59.4 Å². The van der Waals surface area contributed by atoms with Gasteiger partial charge in [-0.3, -0.25) is 14.4 Å². The zero-order valence-corrected chi connectivity index (χ0v) is 9.56. The van der Waals surface area contributed by atoms with Gasteiger partial charge in [-0.25, -0.2) is 0 Å². The number of carbonyl (C=O) groups is 2. The van der Waals surface area contributed by atoms with E-state index in [1.54, 1.807) is 20.2 Å². The summed E-state index contributed by atoms with van der Waals surface area (Å²) in [5.41, 5.74) is -0.320. The molecule has 0 saturated heterocycles.